The van der Waals surface area contributed by atoms with E-state index in [-0.39, 0.29) is 30.1 Å². The summed E-state index contributed by atoms with van der Waals surface area (Å²) in [6, 6.07) is 17.1. The van der Waals surface area contributed by atoms with Crippen LogP contribution in [0.3, 0.4) is 0 Å². The molecule has 3 aliphatic rings. The van der Waals surface area contributed by atoms with Gasteiger partial charge in [-0.05, 0) is 54.5 Å². The van der Waals surface area contributed by atoms with Crippen LogP contribution < -0.4 is 14.9 Å². The Balaban J connectivity index is 1.12. The monoisotopic (exact) mass is 446 g/mol. The van der Waals surface area contributed by atoms with Crippen molar-refractivity contribution in [3.05, 3.63) is 60.2 Å². The highest BCUT2D eigenvalue weighted by molar-refractivity contribution is 6.43. The molecule has 6 heteroatoms. The molecule has 0 saturated heterocycles. The second-order valence-electron chi connectivity index (χ2n) is 9.34. The molecule has 6 nitrogen and oxygen atoms in total. The molecule has 3 aliphatic carbocycles. The first-order chi connectivity index (χ1) is 16.2. The number of nitrogens with one attached hydrogen (secondary N) is 1. The Morgan fingerprint density at radius 3 is 2.27 bits per heavy atom. The normalized spacial score (nSPS) is 27.2. The SMILES string of the molecule is O=C(COc1ccc(OCc2ccccc2)cc1)N/N=C1/C(=O)C2CCCC3CCCC1C32. The second-order valence-corrected chi connectivity index (χ2v) is 9.34. The minimum absolute atomic E-state index is 0.114. The number of hydrogen-bond donors (Lipinski definition) is 1. The average Bonchev–Trinajstić information content (AvgIpc) is 3.14. The van der Waals surface area contributed by atoms with Crippen LogP contribution in [0.25, 0.3) is 0 Å². The number of nitrogens with zero attached hydrogens (tertiary/aromatic N) is 1. The number of carbonyl (C=O) groups is 2. The molecule has 0 heterocycles. The van der Waals surface area contributed by atoms with Crippen molar-refractivity contribution in [1.29, 1.82) is 0 Å². The number of ketones is 1. The van der Waals surface area contributed by atoms with Crippen LogP contribution in [0.1, 0.15) is 44.1 Å². The first-order valence-electron chi connectivity index (χ1n) is 12.0. The van der Waals surface area contributed by atoms with E-state index in [4.69, 9.17) is 9.47 Å². The fourth-order valence-electron chi connectivity index (χ4n) is 5.86. The van der Waals surface area contributed by atoms with E-state index in [0.29, 0.717) is 29.9 Å². The van der Waals surface area contributed by atoms with E-state index in [1.165, 1.54) is 12.8 Å². The zero-order valence-corrected chi connectivity index (χ0v) is 18.7. The number of Topliss-reactive ketones (excluding diaryl/α,β-unsaturated/α-hetero) is 1. The van der Waals surface area contributed by atoms with Crippen molar-refractivity contribution in [3.8, 4) is 11.5 Å². The van der Waals surface area contributed by atoms with Crippen molar-refractivity contribution < 1.29 is 19.1 Å². The van der Waals surface area contributed by atoms with E-state index in [9.17, 15) is 9.59 Å². The first-order valence-corrected chi connectivity index (χ1v) is 12.0. The van der Waals surface area contributed by atoms with Crippen molar-refractivity contribution in [2.45, 2.75) is 45.1 Å². The van der Waals surface area contributed by atoms with Crippen molar-refractivity contribution in [1.82, 2.24) is 5.43 Å². The Morgan fingerprint density at radius 1 is 0.879 bits per heavy atom. The number of hydrazone groups is 1. The summed E-state index contributed by atoms with van der Waals surface area (Å²) in [6.45, 7) is 0.335. The van der Waals surface area contributed by atoms with Crippen LogP contribution >= 0.6 is 0 Å². The molecule has 3 fully saturated rings. The lowest BCUT2D eigenvalue weighted by molar-refractivity contribution is -0.123. The van der Waals surface area contributed by atoms with Gasteiger partial charge in [0.2, 0.25) is 0 Å². The molecule has 2 aromatic carbocycles. The van der Waals surface area contributed by atoms with Gasteiger partial charge in [0, 0.05) is 11.8 Å². The maximum absolute atomic E-state index is 12.9. The molecule has 33 heavy (non-hydrogen) atoms. The topological polar surface area (TPSA) is 77.0 Å². The Morgan fingerprint density at radius 2 is 1.55 bits per heavy atom. The third-order valence-corrected chi connectivity index (χ3v) is 7.34. The van der Waals surface area contributed by atoms with Crippen LogP contribution in [0, 0.1) is 23.7 Å². The Hall–Kier alpha value is -3.15. The standard InChI is InChI=1S/C27H30N2O4/c30-24(17-33-21-14-12-20(13-15-21)32-16-18-6-2-1-3-7-18)28-29-26-22-10-4-8-19-9-5-11-23(25(19)22)27(26)31/h1-3,6-7,12-15,19,22-23,25H,4-5,8-11,16-17H2,(H,28,30)/b29-26+. The molecule has 0 bridgehead atoms. The van der Waals surface area contributed by atoms with Gasteiger partial charge >= 0.3 is 0 Å². The highest BCUT2D eigenvalue weighted by Crippen LogP contribution is 2.51. The Bertz CT molecular complexity index is 1020. The lowest BCUT2D eigenvalue weighted by atomic mass is 9.65. The average molecular weight is 447 g/mol. The summed E-state index contributed by atoms with van der Waals surface area (Å²) in [7, 11) is 0. The molecule has 1 N–H and O–H groups in total. The maximum atomic E-state index is 12.9. The van der Waals surface area contributed by atoms with E-state index < -0.39 is 0 Å². The molecule has 2 aromatic rings. The molecule has 0 aliphatic heterocycles. The molecule has 0 spiro atoms. The summed E-state index contributed by atoms with van der Waals surface area (Å²) < 4.78 is 11.3. The summed E-state index contributed by atoms with van der Waals surface area (Å²) in [5.74, 6) is 2.52. The van der Waals surface area contributed by atoms with E-state index in [1.807, 2.05) is 42.5 Å². The molecule has 0 aromatic heterocycles. The largest absolute Gasteiger partial charge is 0.489 e. The van der Waals surface area contributed by atoms with E-state index >= 15 is 0 Å². The molecule has 4 atom stereocenters. The van der Waals surface area contributed by atoms with Gasteiger partial charge in [-0.15, -0.1) is 0 Å². The zero-order chi connectivity index (χ0) is 22.6. The van der Waals surface area contributed by atoms with Crippen LogP contribution in [0.5, 0.6) is 11.5 Å². The molecular formula is C27H30N2O4. The van der Waals surface area contributed by atoms with Crippen molar-refractivity contribution in [3.63, 3.8) is 0 Å². The van der Waals surface area contributed by atoms with Crippen LogP contribution in [0.4, 0.5) is 0 Å². The number of hydrogen-bond acceptors (Lipinski definition) is 5. The summed E-state index contributed by atoms with van der Waals surface area (Å²) in [5.41, 5.74) is 4.25. The first kappa shape index (κ1) is 21.7. The minimum Gasteiger partial charge on any atom is -0.489 e. The predicted octanol–water partition coefficient (Wildman–Crippen LogP) is 4.53. The fraction of sp³-hybridized carbons (Fsp3) is 0.444. The van der Waals surface area contributed by atoms with Gasteiger partial charge in [-0.2, -0.15) is 5.10 Å². The highest BCUT2D eigenvalue weighted by Gasteiger charge is 2.53. The van der Waals surface area contributed by atoms with Gasteiger partial charge in [0.15, 0.2) is 12.4 Å². The lowest BCUT2D eigenvalue weighted by Gasteiger charge is -2.39. The number of rotatable bonds is 7. The summed E-state index contributed by atoms with van der Waals surface area (Å²) in [5, 5.41) is 4.30. The third-order valence-electron chi connectivity index (χ3n) is 7.34. The number of benzene rings is 2. The van der Waals surface area contributed by atoms with Crippen LogP contribution in [0.2, 0.25) is 0 Å². The van der Waals surface area contributed by atoms with Gasteiger partial charge in [-0.25, -0.2) is 5.43 Å². The van der Waals surface area contributed by atoms with Crippen molar-refractivity contribution in [2.75, 3.05) is 6.61 Å². The van der Waals surface area contributed by atoms with Crippen molar-refractivity contribution >= 4 is 17.4 Å². The molecule has 5 rings (SSSR count). The van der Waals surface area contributed by atoms with Gasteiger partial charge in [0.05, 0.1) is 0 Å². The van der Waals surface area contributed by atoms with Crippen LogP contribution in [-0.2, 0) is 16.2 Å². The molecule has 0 radical (unpaired) electrons. The summed E-state index contributed by atoms with van der Waals surface area (Å²) >= 11 is 0. The fourth-order valence-corrected chi connectivity index (χ4v) is 5.86. The number of amides is 1. The summed E-state index contributed by atoms with van der Waals surface area (Å²) in [4.78, 5) is 25.2. The summed E-state index contributed by atoms with van der Waals surface area (Å²) in [6.07, 6.45) is 6.72. The third kappa shape index (κ3) is 4.80. The van der Waals surface area contributed by atoms with E-state index in [1.54, 1.807) is 12.1 Å². The van der Waals surface area contributed by atoms with Gasteiger partial charge < -0.3 is 9.47 Å². The molecule has 1 amide bonds. The highest BCUT2D eigenvalue weighted by atomic mass is 16.5. The van der Waals surface area contributed by atoms with Gasteiger partial charge in [0.25, 0.3) is 5.91 Å². The predicted molar refractivity (Wildman–Crippen MR) is 125 cm³/mol. The van der Waals surface area contributed by atoms with E-state index in [2.05, 4.69) is 10.5 Å². The van der Waals surface area contributed by atoms with E-state index in [0.717, 1.165) is 37.0 Å². The number of carbonyl (C=O) groups excluding carboxylic acids is 2. The smallest absolute Gasteiger partial charge is 0.277 e. The Labute approximate surface area is 194 Å². The maximum Gasteiger partial charge on any atom is 0.277 e. The number of ether oxygens (including phenoxy) is 2. The van der Waals surface area contributed by atoms with Gasteiger partial charge in [0.1, 0.15) is 23.8 Å². The quantitative estimate of drug-likeness (QED) is 0.634. The molecule has 172 valence electrons. The molecule has 4 unspecified atom stereocenters. The molecular weight excluding hydrogens is 416 g/mol. The van der Waals surface area contributed by atoms with Crippen LogP contribution in [-0.4, -0.2) is 24.0 Å². The minimum atomic E-state index is -0.359. The van der Waals surface area contributed by atoms with Gasteiger partial charge in [-0.3, -0.25) is 9.59 Å². The zero-order valence-electron chi connectivity index (χ0n) is 18.7. The van der Waals surface area contributed by atoms with Gasteiger partial charge in [-0.1, -0.05) is 56.0 Å². The van der Waals surface area contributed by atoms with Crippen molar-refractivity contribution in [2.24, 2.45) is 28.8 Å². The Kier molecular flexibility index (Phi) is 6.42. The lowest BCUT2D eigenvalue weighted by Crippen LogP contribution is -2.33. The molecule has 3 saturated carbocycles. The van der Waals surface area contributed by atoms with Crippen LogP contribution in [0.15, 0.2) is 59.7 Å². The second kappa shape index (κ2) is 9.77.